The lowest BCUT2D eigenvalue weighted by Crippen LogP contribution is -2.32. The number of dihydropyridines is 1. The Morgan fingerprint density at radius 1 is 1.06 bits per heavy atom. The maximum Gasteiger partial charge on any atom is 0.336 e. The van der Waals surface area contributed by atoms with E-state index in [1.165, 1.54) is 7.11 Å². The Bertz CT molecular complexity index is 922. The van der Waals surface area contributed by atoms with E-state index in [1.54, 1.807) is 45.0 Å². The first-order chi connectivity index (χ1) is 15.3. The predicted molar refractivity (Wildman–Crippen MR) is 114 cm³/mol. The van der Waals surface area contributed by atoms with E-state index in [-0.39, 0.29) is 25.4 Å². The zero-order valence-electron chi connectivity index (χ0n) is 18.6. The van der Waals surface area contributed by atoms with Gasteiger partial charge < -0.3 is 24.4 Å². The molecule has 0 aromatic heterocycles. The van der Waals surface area contributed by atoms with Gasteiger partial charge in [-0.15, -0.1) is 10.1 Å². The minimum atomic E-state index is -0.831. The second-order valence-electron chi connectivity index (χ2n) is 7.00. The highest BCUT2D eigenvalue weighted by atomic mass is 16.9. The van der Waals surface area contributed by atoms with Crippen LogP contribution in [-0.2, 0) is 23.9 Å². The van der Waals surface area contributed by atoms with Crippen LogP contribution in [0.25, 0.3) is 0 Å². The number of hydrogen-bond donors (Lipinski definition) is 1. The first-order valence-electron chi connectivity index (χ1n) is 10.2. The fourth-order valence-electron chi connectivity index (χ4n) is 3.54. The number of nitrogens with one attached hydrogen (secondary N) is 1. The maximum atomic E-state index is 12.8. The van der Waals surface area contributed by atoms with Gasteiger partial charge in [-0.25, -0.2) is 9.59 Å². The number of benzene rings is 1. The van der Waals surface area contributed by atoms with Gasteiger partial charge in [-0.3, -0.25) is 0 Å². The van der Waals surface area contributed by atoms with Gasteiger partial charge in [-0.2, -0.15) is 0 Å². The van der Waals surface area contributed by atoms with E-state index < -0.39 is 22.9 Å². The summed E-state index contributed by atoms with van der Waals surface area (Å²) >= 11 is 0. The van der Waals surface area contributed by atoms with Crippen LogP contribution in [0, 0.1) is 10.1 Å². The molecule has 1 heterocycles. The number of carbonyl (C=O) groups is 2. The summed E-state index contributed by atoms with van der Waals surface area (Å²) < 4.78 is 16.2. The van der Waals surface area contributed by atoms with Gasteiger partial charge in [-0.05, 0) is 39.7 Å². The molecule has 0 radical (unpaired) electrons. The van der Waals surface area contributed by atoms with Crippen molar-refractivity contribution in [3.63, 3.8) is 0 Å². The summed E-state index contributed by atoms with van der Waals surface area (Å²) in [5, 5.41) is 12.5. The third-order valence-electron chi connectivity index (χ3n) is 4.88. The molecular formula is C22H28N2O8. The summed E-state index contributed by atoms with van der Waals surface area (Å²) in [5.41, 5.74) is 2.34. The van der Waals surface area contributed by atoms with Gasteiger partial charge in [0.25, 0.3) is 5.09 Å². The first kappa shape index (κ1) is 24.7. The van der Waals surface area contributed by atoms with Crippen molar-refractivity contribution >= 4 is 11.9 Å². The number of para-hydroxylation sites is 1. The summed E-state index contributed by atoms with van der Waals surface area (Å²) in [6.45, 7) is 5.63. The number of methoxy groups -OCH3 is 1. The monoisotopic (exact) mass is 448 g/mol. The molecule has 32 heavy (non-hydrogen) atoms. The number of esters is 2. The van der Waals surface area contributed by atoms with Crippen molar-refractivity contribution in [3.8, 4) is 5.75 Å². The lowest BCUT2D eigenvalue weighted by molar-refractivity contribution is -0.757. The molecule has 10 heteroatoms. The summed E-state index contributed by atoms with van der Waals surface area (Å²) in [7, 11) is 1.28. The van der Waals surface area contributed by atoms with Crippen molar-refractivity contribution < 1.29 is 33.7 Å². The average Bonchev–Trinajstić information content (AvgIpc) is 2.75. The molecule has 10 nitrogen and oxygen atoms in total. The normalized spacial score (nSPS) is 15.7. The molecule has 0 fully saturated rings. The van der Waals surface area contributed by atoms with Crippen molar-refractivity contribution in [2.45, 2.75) is 39.5 Å². The van der Waals surface area contributed by atoms with E-state index in [9.17, 15) is 19.7 Å². The molecule has 0 spiro atoms. The predicted octanol–water partition coefficient (Wildman–Crippen LogP) is 3.02. The average molecular weight is 448 g/mol. The molecule has 1 aliphatic heterocycles. The summed E-state index contributed by atoms with van der Waals surface area (Å²) in [5.74, 6) is -1.38. The fourth-order valence-corrected chi connectivity index (χ4v) is 3.54. The second kappa shape index (κ2) is 11.7. The van der Waals surface area contributed by atoms with Crippen molar-refractivity contribution in [1.82, 2.24) is 5.32 Å². The molecule has 0 aliphatic carbocycles. The van der Waals surface area contributed by atoms with Crippen LogP contribution in [-0.4, -0.2) is 44.0 Å². The molecule has 1 atom stereocenters. The van der Waals surface area contributed by atoms with Gasteiger partial charge in [0, 0.05) is 17.0 Å². The van der Waals surface area contributed by atoms with Crippen LogP contribution in [0.5, 0.6) is 5.75 Å². The molecule has 0 saturated heterocycles. The molecule has 1 aromatic carbocycles. The molecule has 1 N–H and O–H groups in total. The molecule has 0 saturated carbocycles. The van der Waals surface area contributed by atoms with Crippen LogP contribution in [0.4, 0.5) is 0 Å². The number of ether oxygens (including phenoxy) is 3. The number of allylic oxidation sites excluding steroid dienone is 2. The van der Waals surface area contributed by atoms with Crippen molar-refractivity contribution in [2.75, 3.05) is 26.9 Å². The van der Waals surface area contributed by atoms with Crippen molar-refractivity contribution in [2.24, 2.45) is 0 Å². The van der Waals surface area contributed by atoms with E-state index >= 15 is 0 Å². The molecule has 174 valence electrons. The lowest BCUT2D eigenvalue weighted by atomic mass is 9.80. The molecule has 0 bridgehead atoms. The highest BCUT2D eigenvalue weighted by Gasteiger charge is 2.39. The van der Waals surface area contributed by atoms with Gasteiger partial charge in [0.1, 0.15) is 5.75 Å². The molecular weight excluding hydrogens is 420 g/mol. The zero-order valence-corrected chi connectivity index (χ0v) is 18.6. The van der Waals surface area contributed by atoms with E-state index in [0.717, 1.165) is 0 Å². The Morgan fingerprint density at radius 2 is 1.69 bits per heavy atom. The number of rotatable bonds is 11. The summed E-state index contributed by atoms with van der Waals surface area (Å²) in [4.78, 5) is 40.1. The maximum absolute atomic E-state index is 12.8. The smallest absolute Gasteiger partial charge is 0.336 e. The number of carbonyl (C=O) groups excluding carboxylic acids is 2. The van der Waals surface area contributed by atoms with Crippen molar-refractivity contribution in [1.29, 1.82) is 0 Å². The highest BCUT2D eigenvalue weighted by Crippen LogP contribution is 2.42. The standard InChI is InChI=1S/C22H28N2O8/c1-5-30-22(26)19-15(3)23-14(2)18(21(25)29-4)20(19)16-10-6-7-11-17(16)31-12-8-9-13-32-24(27)28/h6-7,10-11,20,23H,5,8-9,12-13H2,1-4H3. The van der Waals surface area contributed by atoms with E-state index in [4.69, 9.17) is 14.2 Å². The highest BCUT2D eigenvalue weighted by molar-refractivity contribution is 6.00. The van der Waals surface area contributed by atoms with Crippen LogP contribution in [0.3, 0.4) is 0 Å². The lowest BCUT2D eigenvalue weighted by Gasteiger charge is -2.31. The number of nitrogens with zero attached hydrogens (tertiary/aromatic N) is 1. The second-order valence-corrected chi connectivity index (χ2v) is 7.00. The molecule has 1 aliphatic rings. The first-order valence-corrected chi connectivity index (χ1v) is 10.2. The Hall–Kier alpha value is -3.56. The van der Waals surface area contributed by atoms with Crippen LogP contribution in [0.15, 0.2) is 46.8 Å². The minimum absolute atomic E-state index is 0.0182. The zero-order chi connectivity index (χ0) is 23.7. The minimum Gasteiger partial charge on any atom is -0.493 e. The topological polar surface area (TPSA) is 126 Å². The van der Waals surface area contributed by atoms with Gasteiger partial charge in [0.2, 0.25) is 0 Å². The van der Waals surface area contributed by atoms with Gasteiger partial charge in [0.05, 0.1) is 44.0 Å². The molecule has 1 unspecified atom stereocenters. The summed E-state index contributed by atoms with van der Waals surface area (Å²) in [6, 6.07) is 7.10. The Morgan fingerprint density at radius 3 is 2.31 bits per heavy atom. The Labute approximate surface area is 186 Å². The fraction of sp³-hybridized carbons (Fsp3) is 0.455. The van der Waals surface area contributed by atoms with Crippen LogP contribution < -0.4 is 10.1 Å². The van der Waals surface area contributed by atoms with Crippen LogP contribution in [0.2, 0.25) is 0 Å². The Kier molecular flexibility index (Phi) is 9.06. The number of unbranched alkanes of at least 4 members (excludes halogenated alkanes) is 1. The third kappa shape index (κ3) is 5.99. The molecule has 0 amide bonds. The van der Waals surface area contributed by atoms with Crippen LogP contribution >= 0.6 is 0 Å². The van der Waals surface area contributed by atoms with Gasteiger partial charge >= 0.3 is 11.9 Å². The Balaban J connectivity index is 2.39. The van der Waals surface area contributed by atoms with E-state index in [2.05, 4.69) is 10.2 Å². The molecule has 2 rings (SSSR count). The summed E-state index contributed by atoms with van der Waals surface area (Å²) in [6.07, 6.45) is 0.961. The third-order valence-corrected chi connectivity index (χ3v) is 4.88. The van der Waals surface area contributed by atoms with Crippen LogP contribution in [0.1, 0.15) is 45.1 Å². The van der Waals surface area contributed by atoms with E-state index in [0.29, 0.717) is 41.1 Å². The molecule has 1 aromatic rings. The SMILES string of the molecule is CCOC(=O)C1=C(C)NC(C)=C(C(=O)OC)C1c1ccccc1OCCCCO[N+](=O)[O-]. The van der Waals surface area contributed by atoms with E-state index in [1.807, 2.05) is 0 Å². The van der Waals surface area contributed by atoms with Gasteiger partial charge in [-0.1, -0.05) is 18.2 Å². The number of hydrogen-bond acceptors (Lipinski definition) is 9. The van der Waals surface area contributed by atoms with Crippen molar-refractivity contribution in [3.05, 3.63) is 62.5 Å². The quantitative estimate of drug-likeness (QED) is 0.235. The largest absolute Gasteiger partial charge is 0.493 e. The van der Waals surface area contributed by atoms with Gasteiger partial charge in [0.15, 0.2) is 0 Å².